The zero-order valence-electron chi connectivity index (χ0n) is 8.15. The molecule has 0 unspecified atom stereocenters. The van der Waals surface area contributed by atoms with Crippen LogP contribution in [0.5, 0.6) is 0 Å². The highest BCUT2D eigenvalue weighted by Crippen LogP contribution is 2.21. The molecule has 1 aliphatic rings. The number of hydrogen-bond acceptors (Lipinski definition) is 4. The van der Waals surface area contributed by atoms with E-state index >= 15 is 0 Å². The van der Waals surface area contributed by atoms with Crippen LogP contribution in [0.25, 0.3) is 0 Å². The molecule has 1 aliphatic carbocycles. The highest BCUT2D eigenvalue weighted by atomic mass is 16.1. The number of aromatic nitrogens is 1. The van der Waals surface area contributed by atoms with Gasteiger partial charge in [-0.25, -0.2) is 0 Å². The first-order chi connectivity index (χ1) is 7.16. The van der Waals surface area contributed by atoms with Gasteiger partial charge in [-0.05, 0) is 17.6 Å². The molecule has 0 saturated carbocycles. The number of carbonyl (C=O) groups excluding carboxylic acids is 2. The monoisotopic (exact) mass is 199 g/mol. The number of nitrogens with two attached hydrogens (primary N) is 1. The van der Waals surface area contributed by atoms with E-state index < -0.39 is 0 Å². The molecule has 1 aromatic heterocycles. The van der Waals surface area contributed by atoms with E-state index in [1.165, 1.54) is 13.5 Å². The number of fused-ring (bicyclic) bond motifs is 1. The lowest BCUT2D eigenvalue weighted by molar-refractivity contribution is 0.0975. The molecule has 1 radical (unpaired) electrons. The Labute approximate surface area is 87.4 Å². The number of pyridine rings is 1. The van der Waals surface area contributed by atoms with Crippen molar-refractivity contribution in [3.8, 4) is 0 Å². The summed E-state index contributed by atoms with van der Waals surface area (Å²) >= 11 is 0. The van der Waals surface area contributed by atoms with E-state index in [1.807, 2.05) is 0 Å². The van der Waals surface area contributed by atoms with Gasteiger partial charge in [-0.3, -0.25) is 14.6 Å². The molecule has 15 heavy (non-hydrogen) atoms. The van der Waals surface area contributed by atoms with Gasteiger partial charge < -0.3 is 5.73 Å². The van der Waals surface area contributed by atoms with Gasteiger partial charge in [0.05, 0.1) is 11.3 Å². The lowest BCUT2D eigenvalue weighted by Crippen LogP contribution is -2.29. The Balaban J connectivity index is 2.68. The van der Waals surface area contributed by atoms with E-state index in [1.54, 1.807) is 19.0 Å². The fourth-order valence-corrected chi connectivity index (χ4v) is 1.57. The Kier molecular flexibility index (Phi) is 2.15. The van der Waals surface area contributed by atoms with Crippen LogP contribution in [0.2, 0.25) is 6.82 Å². The zero-order valence-corrected chi connectivity index (χ0v) is 8.15. The minimum atomic E-state index is -0.328. The minimum absolute atomic E-state index is 0.00278. The Hall–Kier alpha value is -1.91. The molecule has 0 fully saturated rings. The van der Waals surface area contributed by atoms with Crippen molar-refractivity contribution in [1.82, 2.24) is 4.98 Å². The van der Waals surface area contributed by atoms with Gasteiger partial charge >= 0.3 is 0 Å². The first-order valence-corrected chi connectivity index (χ1v) is 4.50. The van der Waals surface area contributed by atoms with Crippen molar-refractivity contribution in [2.24, 2.45) is 5.73 Å². The van der Waals surface area contributed by atoms with Crippen molar-refractivity contribution in [2.45, 2.75) is 6.82 Å². The van der Waals surface area contributed by atoms with Gasteiger partial charge in [0, 0.05) is 6.20 Å². The van der Waals surface area contributed by atoms with Crippen LogP contribution in [0.4, 0.5) is 0 Å². The second-order valence-electron chi connectivity index (χ2n) is 3.17. The molecule has 4 nitrogen and oxygen atoms in total. The van der Waals surface area contributed by atoms with Crippen molar-refractivity contribution in [1.29, 1.82) is 0 Å². The lowest BCUT2D eigenvalue weighted by Gasteiger charge is -2.16. The highest BCUT2D eigenvalue weighted by Gasteiger charge is 2.30. The van der Waals surface area contributed by atoms with Crippen LogP contribution in [0.3, 0.4) is 0 Å². The van der Waals surface area contributed by atoms with Crippen LogP contribution in [0.1, 0.15) is 20.8 Å². The molecule has 0 atom stereocenters. The molecular weight excluding hydrogens is 191 g/mol. The Morgan fingerprint density at radius 3 is 2.73 bits per heavy atom. The van der Waals surface area contributed by atoms with Gasteiger partial charge in [-0.1, -0.05) is 6.82 Å². The average molecular weight is 199 g/mol. The number of allylic oxidation sites excluding steroid dienone is 2. The van der Waals surface area contributed by atoms with Gasteiger partial charge in [0.1, 0.15) is 5.69 Å². The number of ketones is 2. The molecule has 0 spiro atoms. The fourth-order valence-electron chi connectivity index (χ4n) is 1.57. The predicted molar refractivity (Wildman–Crippen MR) is 55.7 cm³/mol. The van der Waals surface area contributed by atoms with E-state index in [4.69, 9.17) is 5.73 Å². The van der Waals surface area contributed by atoms with Crippen LogP contribution in [-0.4, -0.2) is 23.8 Å². The molecule has 0 amide bonds. The van der Waals surface area contributed by atoms with Crippen molar-refractivity contribution >= 4 is 18.8 Å². The summed E-state index contributed by atoms with van der Waals surface area (Å²) in [5, 5.41) is 0. The summed E-state index contributed by atoms with van der Waals surface area (Å²) in [6.07, 6.45) is 1.48. The second kappa shape index (κ2) is 3.35. The summed E-state index contributed by atoms with van der Waals surface area (Å²) < 4.78 is 0. The molecule has 1 heterocycles. The maximum Gasteiger partial charge on any atom is 0.210 e. The maximum absolute atomic E-state index is 11.8. The van der Waals surface area contributed by atoms with Crippen LogP contribution >= 0.6 is 0 Å². The van der Waals surface area contributed by atoms with E-state index in [0.717, 1.165) is 0 Å². The molecule has 0 bridgehead atoms. The fraction of sp³-hybridized carbons (Fsp3) is 0.100. The maximum atomic E-state index is 11.8. The summed E-state index contributed by atoms with van der Waals surface area (Å²) in [7, 11) is 1.53. The topological polar surface area (TPSA) is 73.1 Å². The van der Waals surface area contributed by atoms with Crippen LogP contribution in [-0.2, 0) is 0 Å². The lowest BCUT2D eigenvalue weighted by atomic mass is 9.66. The number of hydrogen-bond donors (Lipinski definition) is 1. The Bertz CT molecular complexity index is 494. The van der Waals surface area contributed by atoms with E-state index in [-0.39, 0.29) is 34.0 Å². The first-order valence-electron chi connectivity index (χ1n) is 4.50. The molecular formula is C10H8BN2O2. The highest BCUT2D eigenvalue weighted by molar-refractivity contribution is 6.57. The molecule has 2 rings (SSSR count). The molecule has 0 saturated heterocycles. The van der Waals surface area contributed by atoms with E-state index in [9.17, 15) is 9.59 Å². The van der Waals surface area contributed by atoms with Crippen molar-refractivity contribution in [3.63, 3.8) is 0 Å². The minimum Gasteiger partial charge on any atom is -0.396 e. The standard InChI is InChI=1S/C10H8BN2O2/c1-11-6-7(12)9(14)5-3-2-4-13-8(5)10(6)15/h2-4H,12H2,1H3. The van der Waals surface area contributed by atoms with Crippen LogP contribution in [0.15, 0.2) is 29.5 Å². The molecule has 0 aliphatic heterocycles. The third-order valence-corrected chi connectivity index (χ3v) is 2.34. The summed E-state index contributed by atoms with van der Waals surface area (Å²) in [6.45, 7) is 1.67. The SMILES string of the molecule is C[B]C1=C(N)C(=O)c2cccnc2C1=O. The smallest absolute Gasteiger partial charge is 0.210 e. The summed E-state index contributed by atoms with van der Waals surface area (Å²) in [5.41, 5.74) is 6.30. The predicted octanol–water partition coefficient (Wildman–Crippen LogP) is 0.383. The quantitative estimate of drug-likeness (QED) is 0.663. The molecule has 5 heteroatoms. The normalized spacial score (nSPS) is 15.3. The van der Waals surface area contributed by atoms with Gasteiger partial charge in [0.2, 0.25) is 11.6 Å². The van der Waals surface area contributed by atoms with Crippen molar-refractivity contribution in [2.75, 3.05) is 0 Å². The third-order valence-electron chi connectivity index (χ3n) is 2.34. The van der Waals surface area contributed by atoms with Gasteiger partial charge in [-0.2, -0.15) is 0 Å². The van der Waals surface area contributed by atoms with Crippen molar-refractivity contribution in [3.05, 3.63) is 40.8 Å². The molecule has 0 aromatic carbocycles. The van der Waals surface area contributed by atoms with Crippen molar-refractivity contribution < 1.29 is 9.59 Å². The van der Waals surface area contributed by atoms with E-state index in [0.29, 0.717) is 0 Å². The van der Waals surface area contributed by atoms with Crippen LogP contribution in [0, 0.1) is 0 Å². The van der Waals surface area contributed by atoms with Gasteiger partial charge in [0.25, 0.3) is 0 Å². The van der Waals surface area contributed by atoms with E-state index in [2.05, 4.69) is 4.98 Å². The number of nitrogens with zero attached hydrogens (tertiary/aromatic N) is 1. The molecule has 73 valence electrons. The van der Waals surface area contributed by atoms with Gasteiger partial charge in [-0.15, -0.1) is 0 Å². The zero-order chi connectivity index (χ0) is 11.0. The summed E-state index contributed by atoms with van der Waals surface area (Å²) in [6, 6.07) is 3.17. The van der Waals surface area contributed by atoms with Gasteiger partial charge in [0.15, 0.2) is 7.28 Å². The second-order valence-corrected chi connectivity index (χ2v) is 3.17. The molecule has 1 aromatic rings. The summed E-state index contributed by atoms with van der Waals surface area (Å²) in [4.78, 5) is 27.5. The third kappa shape index (κ3) is 1.27. The molecule has 2 N–H and O–H groups in total. The van der Waals surface area contributed by atoms with Crippen LogP contribution < -0.4 is 5.73 Å². The number of Topliss-reactive ketones (excluding diaryl/α,β-unsaturated/α-hetero) is 2. The summed E-state index contributed by atoms with van der Waals surface area (Å²) in [5.74, 6) is -0.615. The number of rotatable bonds is 1. The average Bonchev–Trinajstić information content (AvgIpc) is 2.27. The Morgan fingerprint density at radius 1 is 1.33 bits per heavy atom. The Morgan fingerprint density at radius 2 is 2.07 bits per heavy atom. The largest absolute Gasteiger partial charge is 0.396 e. The number of carbonyl (C=O) groups is 2. The first kappa shape index (κ1) is 9.64.